The van der Waals surface area contributed by atoms with Gasteiger partial charge in [-0.05, 0) is 6.07 Å². The van der Waals surface area contributed by atoms with E-state index >= 15 is 0 Å². The molecule has 1 radical (unpaired) electrons. The SMILES string of the molecule is CNC(=O)N(C)c1[c]cccc1. The summed E-state index contributed by atoms with van der Waals surface area (Å²) in [7, 11) is 3.30. The molecule has 1 N–H and O–H groups in total. The molecule has 2 amide bonds. The van der Waals surface area contributed by atoms with E-state index < -0.39 is 0 Å². The van der Waals surface area contributed by atoms with Crippen molar-refractivity contribution >= 4 is 11.7 Å². The van der Waals surface area contributed by atoms with Gasteiger partial charge in [0.2, 0.25) is 0 Å². The molecule has 0 atom stereocenters. The lowest BCUT2D eigenvalue weighted by atomic mass is 10.3. The third-order valence-electron chi connectivity index (χ3n) is 1.57. The lowest BCUT2D eigenvalue weighted by Crippen LogP contribution is -2.34. The third-order valence-corrected chi connectivity index (χ3v) is 1.57. The van der Waals surface area contributed by atoms with Crippen molar-refractivity contribution in [2.75, 3.05) is 19.0 Å². The first-order valence-corrected chi connectivity index (χ1v) is 3.68. The minimum Gasteiger partial charge on any atom is -0.341 e. The Balaban J connectivity index is 2.78. The molecule has 0 fully saturated rings. The number of rotatable bonds is 1. The molecule has 0 spiro atoms. The van der Waals surface area contributed by atoms with E-state index in [1.165, 1.54) is 4.90 Å². The average Bonchev–Trinajstić information content (AvgIpc) is 2.17. The highest BCUT2D eigenvalue weighted by Crippen LogP contribution is 2.09. The van der Waals surface area contributed by atoms with Gasteiger partial charge in [-0.15, -0.1) is 0 Å². The zero-order valence-electron chi connectivity index (χ0n) is 7.16. The number of hydrogen-bond acceptors (Lipinski definition) is 1. The van der Waals surface area contributed by atoms with Crippen molar-refractivity contribution < 1.29 is 4.79 Å². The van der Waals surface area contributed by atoms with Crippen LogP contribution in [0.4, 0.5) is 10.5 Å². The van der Waals surface area contributed by atoms with Gasteiger partial charge >= 0.3 is 6.03 Å². The highest BCUT2D eigenvalue weighted by Gasteiger charge is 2.06. The van der Waals surface area contributed by atoms with E-state index in [1.54, 1.807) is 20.2 Å². The summed E-state index contributed by atoms with van der Waals surface area (Å²) in [5.74, 6) is 0. The van der Waals surface area contributed by atoms with Gasteiger partial charge in [0.15, 0.2) is 0 Å². The van der Waals surface area contributed by atoms with Gasteiger partial charge in [-0.25, -0.2) is 4.79 Å². The fourth-order valence-electron chi connectivity index (χ4n) is 0.870. The van der Waals surface area contributed by atoms with Crippen LogP contribution in [0.5, 0.6) is 0 Å². The number of para-hydroxylation sites is 1. The van der Waals surface area contributed by atoms with Crippen molar-refractivity contribution in [1.29, 1.82) is 0 Å². The minimum atomic E-state index is -0.141. The summed E-state index contributed by atoms with van der Waals surface area (Å²) in [5, 5.41) is 2.53. The number of nitrogens with one attached hydrogen (secondary N) is 1. The van der Waals surface area contributed by atoms with E-state index in [-0.39, 0.29) is 6.03 Å². The Morgan fingerprint density at radius 3 is 2.83 bits per heavy atom. The lowest BCUT2D eigenvalue weighted by molar-refractivity contribution is 0.249. The van der Waals surface area contributed by atoms with Gasteiger partial charge in [-0.2, -0.15) is 0 Å². The molecule has 3 nitrogen and oxygen atoms in total. The molecule has 0 aliphatic carbocycles. The minimum absolute atomic E-state index is 0.141. The van der Waals surface area contributed by atoms with Crippen molar-refractivity contribution in [3.05, 3.63) is 30.3 Å². The van der Waals surface area contributed by atoms with Crippen LogP contribution in [0.2, 0.25) is 0 Å². The van der Waals surface area contributed by atoms with Gasteiger partial charge in [-0.3, -0.25) is 4.90 Å². The molecule has 3 heteroatoms. The summed E-state index contributed by atoms with van der Waals surface area (Å²) >= 11 is 0. The number of amides is 2. The molecule has 0 unspecified atom stereocenters. The van der Waals surface area contributed by atoms with Gasteiger partial charge in [0.1, 0.15) is 0 Å². The lowest BCUT2D eigenvalue weighted by Gasteiger charge is -2.15. The van der Waals surface area contributed by atoms with Gasteiger partial charge in [0.25, 0.3) is 0 Å². The number of carbonyl (C=O) groups is 1. The molecule has 63 valence electrons. The van der Waals surface area contributed by atoms with Crippen LogP contribution in [0.25, 0.3) is 0 Å². The maximum absolute atomic E-state index is 11.1. The standard InChI is InChI=1S/C9H11N2O/c1-10-9(12)11(2)8-6-4-3-5-7-8/h3-6H,1-2H3,(H,10,12). The normalized spacial score (nSPS) is 9.17. The second kappa shape index (κ2) is 3.76. The molecule has 0 aliphatic rings. The van der Waals surface area contributed by atoms with E-state index in [9.17, 15) is 4.79 Å². The Morgan fingerprint density at radius 1 is 1.58 bits per heavy atom. The first-order chi connectivity index (χ1) is 5.75. The van der Waals surface area contributed by atoms with Gasteiger partial charge in [-0.1, -0.05) is 18.2 Å². The molecule has 1 aromatic rings. The Labute approximate surface area is 72.0 Å². The number of anilines is 1. The maximum atomic E-state index is 11.1. The Morgan fingerprint density at radius 2 is 2.33 bits per heavy atom. The first-order valence-electron chi connectivity index (χ1n) is 3.68. The molecular formula is C9H11N2O. The van der Waals surface area contributed by atoms with Crippen LogP contribution in [-0.4, -0.2) is 20.1 Å². The highest BCUT2D eigenvalue weighted by atomic mass is 16.2. The molecule has 0 saturated heterocycles. The smallest absolute Gasteiger partial charge is 0.321 e. The zero-order valence-corrected chi connectivity index (χ0v) is 7.16. The highest BCUT2D eigenvalue weighted by molar-refractivity contribution is 5.90. The molecule has 1 rings (SSSR count). The molecule has 0 aliphatic heterocycles. The van der Waals surface area contributed by atoms with E-state index in [4.69, 9.17) is 0 Å². The molecule has 12 heavy (non-hydrogen) atoms. The van der Waals surface area contributed by atoms with Crippen molar-refractivity contribution in [3.8, 4) is 0 Å². The Kier molecular flexibility index (Phi) is 2.69. The van der Waals surface area contributed by atoms with E-state index in [2.05, 4.69) is 11.4 Å². The van der Waals surface area contributed by atoms with Gasteiger partial charge in [0.05, 0.1) is 5.69 Å². The summed E-state index contributed by atoms with van der Waals surface area (Å²) in [5.41, 5.74) is 0.761. The van der Waals surface area contributed by atoms with Crippen molar-refractivity contribution in [3.63, 3.8) is 0 Å². The summed E-state index contributed by atoms with van der Waals surface area (Å²) in [6.07, 6.45) is 0. The number of urea groups is 1. The molecule has 0 heterocycles. The van der Waals surface area contributed by atoms with Crippen LogP contribution in [0.3, 0.4) is 0 Å². The average molecular weight is 163 g/mol. The molecule has 0 bridgehead atoms. The molecular weight excluding hydrogens is 152 g/mol. The van der Waals surface area contributed by atoms with Crippen LogP contribution in [0.1, 0.15) is 0 Å². The maximum Gasteiger partial charge on any atom is 0.321 e. The van der Waals surface area contributed by atoms with Crippen LogP contribution in [-0.2, 0) is 0 Å². The fraction of sp³-hybridized carbons (Fsp3) is 0.222. The van der Waals surface area contributed by atoms with E-state index in [0.717, 1.165) is 5.69 Å². The van der Waals surface area contributed by atoms with Crippen LogP contribution >= 0.6 is 0 Å². The van der Waals surface area contributed by atoms with Crippen LogP contribution in [0.15, 0.2) is 24.3 Å². The number of nitrogens with zero attached hydrogens (tertiary/aromatic N) is 1. The number of hydrogen-bond donors (Lipinski definition) is 1. The molecule has 0 aromatic heterocycles. The van der Waals surface area contributed by atoms with Crippen molar-refractivity contribution in [2.24, 2.45) is 0 Å². The second-order valence-electron chi connectivity index (χ2n) is 2.36. The van der Waals surface area contributed by atoms with E-state index in [1.807, 2.05) is 18.2 Å². The van der Waals surface area contributed by atoms with Gasteiger partial charge < -0.3 is 5.32 Å². The van der Waals surface area contributed by atoms with Gasteiger partial charge in [0, 0.05) is 20.2 Å². The summed E-state index contributed by atoms with van der Waals surface area (Å²) < 4.78 is 0. The van der Waals surface area contributed by atoms with Crippen molar-refractivity contribution in [2.45, 2.75) is 0 Å². The monoisotopic (exact) mass is 163 g/mol. The van der Waals surface area contributed by atoms with Crippen LogP contribution < -0.4 is 10.2 Å². The number of carbonyl (C=O) groups excluding carboxylic acids is 1. The Bertz CT molecular complexity index is 258. The predicted molar refractivity (Wildman–Crippen MR) is 48.1 cm³/mol. The van der Waals surface area contributed by atoms with E-state index in [0.29, 0.717) is 0 Å². The second-order valence-corrected chi connectivity index (χ2v) is 2.36. The largest absolute Gasteiger partial charge is 0.341 e. The summed E-state index contributed by atoms with van der Waals surface area (Å²) in [6.45, 7) is 0. The molecule has 1 aromatic carbocycles. The van der Waals surface area contributed by atoms with Crippen LogP contribution in [0, 0.1) is 6.07 Å². The first kappa shape index (κ1) is 8.59. The quantitative estimate of drug-likeness (QED) is 0.664. The predicted octanol–water partition coefficient (Wildman–Crippen LogP) is 1.26. The summed E-state index contributed by atoms with van der Waals surface area (Å²) in [4.78, 5) is 12.6. The third kappa shape index (κ3) is 1.75. The zero-order chi connectivity index (χ0) is 8.97. The van der Waals surface area contributed by atoms with Crippen molar-refractivity contribution in [1.82, 2.24) is 5.32 Å². The number of benzene rings is 1. The summed E-state index contributed by atoms with van der Waals surface area (Å²) in [6, 6.07) is 10.1. The Hall–Kier alpha value is -1.51. The molecule has 0 saturated carbocycles. The fourth-order valence-corrected chi connectivity index (χ4v) is 0.870. The topological polar surface area (TPSA) is 32.3 Å².